The molecule has 51 heavy (non-hydrogen) atoms. The number of hydrogen-bond acceptors (Lipinski definition) is 15. The zero-order chi connectivity index (χ0) is 35.7. The van der Waals surface area contributed by atoms with E-state index in [1.165, 1.54) is 6.33 Å². The van der Waals surface area contributed by atoms with Crippen LogP contribution < -0.4 is 11.5 Å². The summed E-state index contributed by atoms with van der Waals surface area (Å²) in [5.74, 6) is 0.602. The smallest absolute Gasteiger partial charge is 0.292 e. The van der Waals surface area contributed by atoms with E-state index in [4.69, 9.17) is 54.9 Å². The molecule has 0 bridgehead atoms. The van der Waals surface area contributed by atoms with Gasteiger partial charge in [0.1, 0.15) is 23.4 Å². The molecule has 19 heteroatoms. The van der Waals surface area contributed by atoms with Gasteiger partial charge in [-0.25, -0.2) is 14.6 Å². The third-order valence-electron chi connectivity index (χ3n) is 8.03. The van der Waals surface area contributed by atoms with Gasteiger partial charge in [0.05, 0.1) is 91.1 Å². The normalized spacial score (nSPS) is 14.5. The van der Waals surface area contributed by atoms with Crippen molar-refractivity contribution in [2.75, 3.05) is 110 Å². The van der Waals surface area contributed by atoms with E-state index >= 15 is 0 Å². The number of nitrogens with two attached hydrogens (primary N) is 2. The van der Waals surface area contributed by atoms with E-state index in [0.717, 1.165) is 12.0 Å². The van der Waals surface area contributed by atoms with E-state index in [1.807, 2.05) is 21.7 Å². The van der Waals surface area contributed by atoms with Crippen LogP contribution in [0.2, 0.25) is 0 Å². The predicted molar refractivity (Wildman–Crippen MR) is 185 cm³/mol. The Balaban J connectivity index is 0.904. The van der Waals surface area contributed by atoms with Gasteiger partial charge in [-0.2, -0.15) is 10.1 Å². The molecule has 19 nitrogen and oxygen atoms in total. The summed E-state index contributed by atoms with van der Waals surface area (Å²) in [6, 6.07) is 5.62. The van der Waals surface area contributed by atoms with Gasteiger partial charge in [0.2, 0.25) is 5.91 Å². The Kier molecular flexibility index (Phi) is 15.0. The number of aromatic nitrogens is 5. The average Bonchev–Trinajstić information content (AvgIpc) is 3.86. The topological polar surface area (TPSA) is 246 Å². The number of ether oxygens (including phenoxy) is 6. The fraction of sp³-hybridized carbons (Fsp3) is 0.594. The number of azide groups is 1. The first-order valence-electron chi connectivity index (χ1n) is 16.9. The number of nitrogens with zero attached hydrogens (tertiary/aromatic N) is 9. The van der Waals surface area contributed by atoms with Crippen molar-refractivity contribution < 1.29 is 37.6 Å². The third kappa shape index (κ3) is 11.4. The number of hydrogen-bond donors (Lipinski definition) is 2. The molecule has 1 aromatic carbocycles. The fourth-order valence-corrected chi connectivity index (χ4v) is 5.57. The Morgan fingerprint density at radius 2 is 1.57 bits per heavy atom. The number of rotatable bonds is 24. The summed E-state index contributed by atoms with van der Waals surface area (Å²) in [4.78, 5) is 30.3. The molecule has 0 spiro atoms. The van der Waals surface area contributed by atoms with Gasteiger partial charge in [-0.1, -0.05) is 5.11 Å². The van der Waals surface area contributed by atoms with E-state index in [2.05, 4.69) is 25.0 Å². The Morgan fingerprint density at radius 3 is 2.24 bits per heavy atom. The van der Waals surface area contributed by atoms with Gasteiger partial charge in [0.25, 0.3) is 6.01 Å². The monoisotopic (exact) mass is 711 g/mol. The van der Waals surface area contributed by atoms with Crippen molar-refractivity contribution in [3.05, 3.63) is 35.0 Å². The van der Waals surface area contributed by atoms with E-state index in [-0.39, 0.29) is 17.8 Å². The van der Waals surface area contributed by atoms with Crippen LogP contribution >= 0.6 is 0 Å². The van der Waals surface area contributed by atoms with Gasteiger partial charge in [-0.05, 0) is 36.1 Å². The number of likely N-dealkylation sites (tertiary alicyclic amines) is 1. The minimum absolute atomic E-state index is 0.0614. The van der Waals surface area contributed by atoms with Crippen molar-refractivity contribution in [3.8, 4) is 11.3 Å². The number of carbonyl (C=O) groups is 1. The molecule has 1 saturated heterocycles. The molecule has 3 aromatic heterocycles. The lowest BCUT2D eigenvalue weighted by Crippen LogP contribution is -2.30. The second-order valence-corrected chi connectivity index (χ2v) is 11.6. The molecule has 4 aromatic rings. The molecule has 1 fully saturated rings. The summed E-state index contributed by atoms with van der Waals surface area (Å²) in [6.07, 6.45) is 2.59. The lowest BCUT2D eigenvalue weighted by Gasteiger charge is -2.17. The van der Waals surface area contributed by atoms with Gasteiger partial charge < -0.3 is 49.2 Å². The van der Waals surface area contributed by atoms with Crippen LogP contribution in [-0.4, -0.2) is 134 Å². The summed E-state index contributed by atoms with van der Waals surface area (Å²) in [5.41, 5.74) is 23.5. The molecule has 276 valence electrons. The van der Waals surface area contributed by atoms with Gasteiger partial charge in [0, 0.05) is 36.7 Å². The van der Waals surface area contributed by atoms with Crippen LogP contribution in [0.5, 0.6) is 0 Å². The summed E-state index contributed by atoms with van der Waals surface area (Å²) >= 11 is 0. The molecule has 5 rings (SSSR count). The van der Waals surface area contributed by atoms with Crippen molar-refractivity contribution in [3.63, 3.8) is 0 Å². The molecule has 4 N–H and O–H groups in total. The Labute approximate surface area is 294 Å². The van der Waals surface area contributed by atoms with Crippen molar-refractivity contribution in [2.24, 2.45) is 11.0 Å². The molecule has 0 saturated carbocycles. The molecule has 1 aliphatic rings. The molecule has 1 aliphatic heterocycles. The van der Waals surface area contributed by atoms with Crippen LogP contribution in [-0.2, 0) is 39.8 Å². The van der Waals surface area contributed by atoms with Crippen LogP contribution in [0, 0.1) is 5.92 Å². The molecule has 1 atom stereocenters. The average molecular weight is 712 g/mol. The minimum atomic E-state index is 0.0614. The van der Waals surface area contributed by atoms with Crippen LogP contribution in [0.15, 0.2) is 34.1 Å². The maximum atomic E-state index is 12.9. The number of anilines is 2. The largest absolute Gasteiger partial charge is 0.424 e. The van der Waals surface area contributed by atoms with Crippen molar-refractivity contribution in [1.82, 2.24) is 29.6 Å². The highest BCUT2D eigenvalue weighted by atomic mass is 16.6. The van der Waals surface area contributed by atoms with Crippen LogP contribution in [0.25, 0.3) is 43.8 Å². The zero-order valence-electron chi connectivity index (χ0n) is 28.6. The van der Waals surface area contributed by atoms with Crippen molar-refractivity contribution >= 4 is 39.9 Å². The number of benzene rings is 1. The predicted octanol–water partition coefficient (Wildman–Crippen LogP) is 2.45. The van der Waals surface area contributed by atoms with Gasteiger partial charge in [-0.3, -0.25) is 4.79 Å². The molecule has 4 heterocycles. The zero-order valence-corrected chi connectivity index (χ0v) is 28.6. The SMILES string of the molecule is [N-]=[N+]=NCCOCCOCCOCCOCCOCCOCCC(=O)N1CCC(Cn2nc(-c3ccc4oc(N)nc4c3)c3c(N)ncnc32)C1. The van der Waals surface area contributed by atoms with E-state index in [9.17, 15) is 4.79 Å². The lowest BCUT2D eigenvalue weighted by molar-refractivity contribution is -0.131. The Bertz CT molecular complexity index is 1730. The summed E-state index contributed by atoms with van der Waals surface area (Å²) < 4.78 is 40.0. The van der Waals surface area contributed by atoms with Gasteiger partial charge in [-0.15, -0.1) is 0 Å². The number of nitrogen functional groups attached to an aromatic ring is 2. The van der Waals surface area contributed by atoms with Crippen molar-refractivity contribution in [1.29, 1.82) is 0 Å². The highest BCUT2D eigenvalue weighted by Crippen LogP contribution is 2.33. The van der Waals surface area contributed by atoms with Gasteiger partial charge in [0.15, 0.2) is 11.2 Å². The molecular formula is C32H45N11O8. The highest BCUT2D eigenvalue weighted by molar-refractivity contribution is 5.99. The molecular weight excluding hydrogens is 666 g/mol. The fourth-order valence-electron chi connectivity index (χ4n) is 5.57. The molecule has 1 amide bonds. The van der Waals surface area contributed by atoms with E-state index < -0.39 is 0 Å². The third-order valence-corrected chi connectivity index (χ3v) is 8.03. The second-order valence-electron chi connectivity index (χ2n) is 11.6. The lowest BCUT2D eigenvalue weighted by atomic mass is 10.1. The van der Waals surface area contributed by atoms with Gasteiger partial charge >= 0.3 is 0 Å². The Morgan fingerprint density at radius 1 is 0.922 bits per heavy atom. The highest BCUT2D eigenvalue weighted by Gasteiger charge is 2.28. The van der Waals surface area contributed by atoms with Crippen molar-refractivity contribution in [2.45, 2.75) is 19.4 Å². The second kappa shape index (κ2) is 20.3. The molecule has 0 radical (unpaired) electrons. The molecule has 1 unspecified atom stereocenters. The number of amides is 1. The van der Waals surface area contributed by atoms with Crippen LogP contribution in [0.4, 0.5) is 11.8 Å². The first-order valence-corrected chi connectivity index (χ1v) is 16.9. The van der Waals surface area contributed by atoms with Crippen LogP contribution in [0.1, 0.15) is 12.8 Å². The van der Waals surface area contributed by atoms with Crippen LogP contribution in [0.3, 0.4) is 0 Å². The van der Waals surface area contributed by atoms with E-state index in [0.29, 0.717) is 146 Å². The standard InChI is InChI=1S/C32H45N11O8/c33-30-28-29(24-1-2-26-25(19-24)39-32(34)51-26)40-43(31(28)37-22-36-30)21-23-3-6-42(20-23)27(44)4-7-45-9-11-47-13-15-49-17-18-50-16-14-48-12-10-46-8-5-38-41-35/h1-2,19,22-23H,3-18,20-21H2,(H2,34,39)(H2,33,36,37). The summed E-state index contributed by atoms with van der Waals surface area (Å²) in [6.45, 7) is 7.36. The summed E-state index contributed by atoms with van der Waals surface area (Å²) in [7, 11) is 0. The van der Waals surface area contributed by atoms with E-state index in [1.54, 1.807) is 6.07 Å². The minimum Gasteiger partial charge on any atom is -0.424 e. The quantitative estimate of drug-likeness (QED) is 0.0459. The number of oxazole rings is 1. The maximum absolute atomic E-state index is 12.9. The summed E-state index contributed by atoms with van der Waals surface area (Å²) in [5, 5.41) is 8.92. The molecule has 0 aliphatic carbocycles. The number of carbonyl (C=O) groups excluding carboxylic acids is 1. The maximum Gasteiger partial charge on any atom is 0.292 e. The Hall–Kier alpha value is -4.62. The number of fused-ring (bicyclic) bond motifs is 2. The first kappa shape index (κ1) is 37.6. The first-order chi connectivity index (χ1) is 25.0.